The lowest BCUT2D eigenvalue weighted by Gasteiger charge is -2.27. The van der Waals surface area contributed by atoms with Crippen LogP contribution in [0.5, 0.6) is 0 Å². The molecule has 11 heteroatoms. The fraction of sp³-hybridized carbons (Fsp3) is 0.286. The van der Waals surface area contributed by atoms with Gasteiger partial charge in [-0.2, -0.15) is 0 Å². The second-order valence-electron chi connectivity index (χ2n) is 7.04. The highest BCUT2D eigenvalue weighted by atomic mass is 35.5. The number of carbonyl (C=O) groups is 2. The molecular formula is C21H21ClN4O5S. The zero-order chi connectivity index (χ0) is 21.8. The summed E-state index contributed by atoms with van der Waals surface area (Å²) < 4.78 is 5.32. The van der Waals surface area contributed by atoms with Crippen LogP contribution < -0.4 is 0 Å². The van der Waals surface area contributed by atoms with E-state index in [1.807, 2.05) is 0 Å². The number of carbonyl (C=O) groups excluding carboxylic acids is 2. The van der Waals surface area contributed by atoms with Crippen LogP contribution in [0.3, 0.4) is 0 Å². The Balaban J connectivity index is 0.00000289. The zero-order valence-corrected chi connectivity index (χ0v) is 18.6. The van der Waals surface area contributed by atoms with Crippen LogP contribution in [0, 0.1) is 10.1 Å². The molecule has 1 aromatic heterocycles. The van der Waals surface area contributed by atoms with Gasteiger partial charge < -0.3 is 4.74 Å². The van der Waals surface area contributed by atoms with Crippen molar-refractivity contribution in [3.8, 4) is 11.3 Å². The van der Waals surface area contributed by atoms with Gasteiger partial charge in [-0.3, -0.25) is 29.5 Å². The molecule has 0 atom stereocenters. The van der Waals surface area contributed by atoms with E-state index in [4.69, 9.17) is 4.74 Å². The number of pyridine rings is 1. The molecule has 2 saturated heterocycles. The smallest absolute Gasteiger partial charge is 0.293 e. The van der Waals surface area contributed by atoms with Crippen molar-refractivity contribution >= 4 is 47.1 Å². The Kier molecular flexibility index (Phi) is 7.97. The number of morpholine rings is 1. The molecule has 1 aromatic carbocycles. The Hall–Kier alpha value is -2.79. The monoisotopic (exact) mass is 476 g/mol. The van der Waals surface area contributed by atoms with Crippen LogP contribution in [0.15, 0.2) is 47.4 Å². The van der Waals surface area contributed by atoms with Crippen LogP contribution in [0.2, 0.25) is 0 Å². The van der Waals surface area contributed by atoms with Crippen LogP contribution in [0.1, 0.15) is 5.69 Å². The Bertz CT molecular complexity index is 1040. The average Bonchev–Trinajstić information content (AvgIpc) is 3.05. The minimum atomic E-state index is -0.456. The number of non-ortho nitro benzene ring substituents is 1. The first-order valence-corrected chi connectivity index (χ1v) is 10.6. The van der Waals surface area contributed by atoms with Crippen molar-refractivity contribution in [2.45, 2.75) is 0 Å². The number of rotatable bonds is 6. The van der Waals surface area contributed by atoms with Gasteiger partial charge in [-0.15, -0.1) is 12.4 Å². The molecule has 0 N–H and O–H groups in total. The quantitative estimate of drug-likeness (QED) is 0.354. The second-order valence-corrected chi connectivity index (χ2v) is 8.03. The van der Waals surface area contributed by atoms with E-state index >= 15 is 0 Å². The van der Waals surface area contributed by atoms with Gasteiger partial charge in [0.25, 0.3) is 16.8 Å². The van der Waals surface area contributed by atoms with Crippen molar-refractivity contribution in [1.29, 1.82) is 0 Å². The number of nitro groups is 1. The summed E-state index contributed by atoms with van der Waals surface area (Å²) in [5, 5.41) is 10.5. The van der Waals surface area contributed by atoms with Gasteiger partial charge in [0.05, 0.1) is 34.4 Å². The predicted molar refractivity (Wildman–Crippen MR) is 124 cm³/mol. The number of amides is 2. The molecule has 3 heterocycles. The lowest BCUT2D eigenvalue weighted by atomic mass is 10.1. The maximum absolute atomic E-state index is 12.7. The Labute approximate surface area is 195 Å². The van der Waals surface area contributed by atoms with Gasteiger partial charge in [-0.1, -0.05) is 6.07 Å². The zero-order valence-electron chi connectivity index (χ0n) is 17.0. The molecule has 9 nitrogen and oxygen atoms in total. The molecule has 0 spiro atoms. The number of halogens is 1. The summed E-state index contributed by atoms with van der Waals surface area (Å²) in [7, 11) is 0. The van der Waals surface area contributed by atoms with E-state index in [9.17, 15) is 19.7 Å². The third-order valence-electron chi connectivity index (χ3n) is 5.04. The standard InChI is InChI=1S/C21H20N4O5S.ClH/c26-20-19(31-21(27)24(20)9-8-23-10-12-30-13-11-23)14-16-2-1-3-18(22-16)15-4-6-17(7-5-15)25(28)29;/h1-7,14H,8-13H2;1H/b19-14-;. The Morgan fingerprint density at radius 2 is 1.81 bits per heavy atom. The van der Waals surface area contributed by atoms with Gasteiger partial charge >= 0.3 is 0 Å². The summed E-state index contributed by atoms with van der Waals surface area (Å²) in [4.78, 5) is 43.7. The SMILES string of the molecule is Cl.O=C1S/C(=C\c2cccc(-c3ccc([N+](=O)[O-])cc3)n2)C(=O)N1CCN1CCOCC1. The normalized spacial score (nSPS) is 18.1. The van der Waals surface area contributed by atoms with E-state index in [1.54, 1.807) is 36.4 Å². The van der Waals surface area contributed by atoms with Gasteiger partial charge in [0.15, 0.2) is 0 Å². The van der Waals surface area contributed by atoms with Crippen LogP contribution in [0.4, 0.5) is 10.5 Å². The molecule has 168 valence electrons. The summed E-state index contributed by atoms with van der Waals surface area (Å²) in [6.45, 7) is 3.90. The second kappa shape index (κ2) is 10.7. The summed E-state index contributed by atoms with van der Waals surface area (Å²) in [5.74, 6) is -0.314. The number of thioether (sulfide) groups is 1. The van der Waals surface area contributed by atoms with E-state index in [0.29, 0.717) is 42.6 Å². The summed E-state index contributed by atoms with van der Waals surface area (Å²) in [6, 6.07) is 11.4. The van der Waals surface area contributed by atoms with E-state index in [1.165, 1.54) is 17.0 Å². The minimum absolute atomic E-state index is 0. The van der Waals surface area contributed by atoms with Crippen LogP contribution in [0.25, 0.3) is 17.3 Å². The van der Waals surface area contributed by atoms with Crippen molar-refractivity contribution in [2.24, 2.45) is 0 Å². The van der Waals surface area contributed by atoms with Gasteiger partial charge in [0.1, 0.15) is 0 Å². The molecule has 0 saturated carbocycles. The number of benzene rings is 1. The van der Waals surface area contributed by atoms with E-state index in [2.05, 4.69) is 9.88 Å². The van der Waals surface area contributed by atoms with Crippen molar-refractivity contribution in [2.75, 3.05) is 39.4 Å². The van der Waals surface area contributed by atoms with Crippen molar-refractivity contribution in [3.05, 3.63) is 63.2 Å². The molecule has 4 rings (SSSR count). The number of hydrogen-bond donors (Lipinski definition) is 0. The molecule has 2 aromatic rings. The summed E-state index contributed by atoms with van der Waals surface area (Å²) >= 11 is 0.910. The molecule has 2 aliphatic rings. The first-order valence-electron chi connectivity index (χ1n) is 9.78. The van der Waals surface area contributed by atoms with E-state index in [0.717, 1.165) is 30.4 Å². The maximum atomic E-state index is 12.7. The molecule has 0 radical (unpaired) electrons. The molecule has 2 fully saturated rings. The van der Waals surface area contributed by atoms with Gasteiger partial charge in [0, 0.05) is 43.9 Å². The predicted octanol–water partition coefficient (Wildman–Crippen LogP) is 3.45. The molecular weight excluding hydrogens is 456 g/mol. The van der Waals surface area contributed by atoms with Crippen molar-refractivity contribution < 1.29 is 19.2 Å². The highest BCUT2D eigenvalue weighted by molar-refractivity contribution is 8.18. The molecule has 0 bridgehead atoms. The van der Waals surface area contributed by atoms with Crippen molar-refractivity contribution in [1.82, 2.24) is 14.8 Å². The maximum Gasteiger partial charge on any atom is 0.293 e. The van der Waals surface area contributed by atoms with Crippen LogP contribution >= 0.6 is 24.2 Å². The van der Waals surface area contributed by atoms with Crippen LogP contribution in [-0.4, -0.2) is 70.2 Å². The number of nitrogens with zero attached hydrogens (tertiary/aromatic N) is 4. The van der Waals surface area contributed by atoms with Gasteiger partial charge in [-0.05, 0) is 42.1 Å². The third kappa shape index (κ3) is 5.52. The average molecular weight is 477 g/mol. The van der Waals surface area contributed by atoms with Gasteiger partial charge in [0.2, 0.25) is 0 Å². The molecule has 2 amide bonds. The van der Waals surface area contributed by atoms with Gasteiger partial charge in [-0.25, -0.2) is 4.98 Å². The van der Waals surface area contributed by atoms with E-state index < -0.39 is 4.92 Å². The lowest BCUT2D eigenvalue weighted by molar-refractivity contribution is -0.384. The fourth-order valence-electron chi connectivity index (χ4n) is 3.34. The topological polar surface area (TPSA) is 106 Å². The minimum Gasteiger partial charge on any atom is -0.379 e. The highest BCUT2D eigenvalue weighted by Crippen LogP contribution is 2.32. The molecule has 32 heavy (non-hydrogen) atoms. The fourth-order valence-corrected chi connectivity index (χ4v) is 4.19. The summed E-state index contributed by atoms with van der Waals surface area (Å²) in [6.07, 6.45) is 1.61. The Morgan fingerprint density at radius 1 is 1.09 bits per heavy atom. The van der Waals surface area contributed by atoms with Crippen LogP contribution in [-0.2, 0) is 9.53 Å². The molecule has 0 aliphatic carbocycles. The van der Waals surface area contributed by atoms with E-state index in [-0.39, 0.29) is 29.2 Å². The number of hydrogen-bond acceptors (Lipinski definition) is 8. The Morgan fingerprint density at radius 3 is 2.50 bits per heavy atom. The first kappa shape index (κ1) is 23.9. The lowest BCUT2D eigenvalue weighted by Crippen LogP contribution is -2.42. The first-order chi connectivity index (χ1) is 15.0. The van der Waals surface area contributed by atoms with Crippen molar-refractivity contribution in [3.63, 3.8) is 0 Å². The molecule has 2 aliphatic heterocycles. The number of imide groups is 1. The number of ether oxygens (including phenoxy) is 1. The largest absolute Gasteiger partial charge is 0.379 e. The number of aromatic nitrogens is 1. The number of nitro benzene ring substituents is 1. The molecule has 0 unspecified atom stereocenters. The summed E-state index contributed by atoms with van der Waals surface area (Å²) in [5.41, 5.74) is 1.88. The third-order valence-corrected chi connectivity index (χ3v) is 5.95. The highest BCUT2D eigenvalue weighted by Gasteiger charge is 2.35.